The van der Waals surface area contributed by atoms with Crippen LogP contribution in [0.1, 0.15) is 38.0 Å². The van der Waals surface area contributed by atoms with E-state index in [1.54, 1.807) is 22.3 Å². The molecule has 2 aromatic carbocycles. The first-order chi connectivity index (χ1) is 17.4. The minimum absolute atomic E-state index is 0.0573. The van der Waals surface area contributed by atoms with Crippen molar-refractivity contribution in [2.24, 2.45) is 0 Å². The summed E-state index contributed by atoms with van der Waals surface area (Å²) in [6, 6.07) is 16.4. The normalized spacial score (nSPS) is 18.1. The van der Waals surface area contributed by atoms with Gasteiger partial charge in [0.05, 0.1) is 17.5 Å². The van der Waals surface area contributed by atoms with Gasteiger partial charge in [0.2, 0.25) is 5.91 Å². The van der Waals surface area contributed by atoms with E-state index in [-0.39, 0.29) is 23.5 Å². The lowest BCUT2D eigenvalue weighted by molar-refractivity contribution is -0.384. The number of nitro benzene ring substituents is 1. The first kappa shape index (κ1) is 24.1. The maximum absolute atomic E-state index is 13.4. The second kappa shape index (κ2) is 10.2. The number of aryl methyl sites for hydroxylation is 1. The van der Waals surface area contributed by atoms with Crippen molar-refractivity contribution in [2.45, 2.75) is 19.4 Å². The maximum atomic E-state index is 13.4. The molecule has 2 amide bonds. The Morgan fingerprint density at radius 2 is 1.72 bits per heavy atom. The molecular formula is C27H28N4O4S. The van der Waals surface area contributed by atoms with Crippen LogP contribution < -0.4 is 0 Å². The van der Waals surface area contributed by atoms with Crippen LogP contribution in [-0.4, -0.2) is 70.7 Å². The fourth-order valence-electron chi connectivity index (χ4n) is 5.16. The van der Waals surface area contributed by atoms with Crippen molar-refractivity contribution in [3.8, 4) is 0 Å². The SMILES string of the molecule is Cc1ccccc1C1c2ccsc2CCN1CC(=O)N1CCN(C(=O)c2cccc([N+](=O)[O-])c2)CC1. The van der Waals surface area contributed by atoms with E-state index >= 15 is 0 Å². The molecule has 0 N–H and O–H groups in total. The monoisotopic (exact) mass is 504 g/mol. The molecule has 1 aromatic heterocycles. The van der Waals surface area contributed by atoms with E-state index in [0.29, 0.717) is 38.3 Å². The van der Waals surface area contributed by atoms with Crippen LogP contribution in [0.4, 0.5) is 5.69 Å². The molecule has 2 aliphatic rings. The average Bonchev–Trinajstić information content (AvgIpc) is 3.38. The quantitative estimate of drug-likeness (QED) is 0.389. The molecule has 5 rings (SSSR count). The Balaban J connectivity index is 1.25. The summed E-state index contributed by atoms with van der Waals surface area (Å²) in [7, 11) is 0. The van der Waals surface area contributed by atoms with Gasteiger partial charge in [-0.3, -0.25) is 24.6 Å². The van der Waals surface area contributed by atoms with Crippen molar-refractivity contribution in [1.29, 1.82) is 0 Å². The minimum Gasteiger partial charge on any atom is -0.338 e. The van der Waals surface area contributed by atoms with Crippen molar-refractivity contribution in [2.75, 3.05) is 39.3 Å². The predicted molar refractivity (Wildman–Crippen MR) is 138 cm³/mol. The smallest absolute Gasteiger partial charge is 0.270 e. The third-order valence-corrected chi connectivity index (χ3v) is 8.11. The second-order valence-electron chi connectivity index (χ2n) is 9.26. The molecule has 3 heterocycles. The van der Waals surface area contributed by atoms with Crippen LogP contribution in [-0.2, 0) is 11.2 Å². The highest BCUT2D eigenvalue weighted by Gasteiger charge is 2.33. The molecule has 1 saturated heterocycles. The van der Waals surface area contributed by atoms with E-state index in [2.05, 4.69) is 41.5 Å². The molecule has 0 aliphatic carbocycles. The molecular weight excluding hydrogens is 476 g/mol. The van der Waals surface area contributed by atoms with Crippen molar-refractivity contribution >= 4 is 28.8 Å². The zero-order chi connectivity index (χ0) is 25.2. The first-order valence-electron chi connectivity index (χ1n) is 12.1. The molecule has 1 atom stereocenters. The Morgan fingerprint density at radius 3 is 2.47 bits per heavy atom. The number of carbonyl (C=O) groups is 2. The second-order valence-corrected chi connectivity index (χ2v) is 10.3. The number of nitro groups is 1. The number of piperazine rings is 1. The molecule has 36 heavy (non-hydrogen) atoms. The maximum Gasteiger partial charge on any atom is 0.270 e. The number of hydrogen-bond acceptors (Lipinski definition) is 6. The van der Waals surface area contributed by atoms with Gasteiger partial charge < -0.3 is 9.80 Å². The number of fused-ring (bicyclic) bond motifs is 1. The van der Waals surface area contributed by atoms with E-state index in [4.69, 9.17) is 0 Å². The van der Waals surface area contributed by atoms with Crippen molar-refractivity contribution < 1.29 is 14.5 Å². The summed E-state index contributed by atoms with van der Waals surface area (Å²) in [5.74, 6) is -0.179. The number of carbonyl (C=O) groups excluding carboxylic acids is 2. The lowest BCUT2D eigenvalue weighted by atomic mass is 9.90. The lowest BCUT2D eigenvalue weighted by Gasteiger charge is -2.39. The zero-order valence-corrected chi connectivity index (χ0v) is 20.9. The predicted octanol–water partition coefficient (Wildman–Crippen LogP) is 3.90. The molecule has 186 valence electrons. The van der Waals surface area contributed by atoms with Gasteiger partial charge in [0.25, 0.3) is 11.6 Å². The fraction of sp³-hybridized carbons (Fsp3) is 0.333. The van der Waals surface area contributed by atoms with Gasteiger partial charge in [-0.2, -0.15) is 0 Å². The summed E-state index contributed by atoms with van der Waals surface area (Å²) in [5.41, 5.74) is 3.93. The molecule has 1 unspecified atom stereocenters. The van der Waals surface area contributed by atoms with Crippen LogP contribution in [0.15, 0.2) is 60.0 Å². The van der Waals surface area contributed by atoms with Gasteiger partial charge in [-0.1, -0.05) is 30.3 Å². The zero-order valence-electron chi connectivity index (χ0n) is 20.1. The van der Waals surface area contributed by atoms with Crippen molar-refractivity contribution in [3.05, 3.63) is 97.2 Å². The van der Waals surface area contributed by atoms with Crippen LogP contribution >= 0.6 is 11.3 Å². The van der Waals surface area contributed by atoms with Gasteiger partial charge in [-0.15, -0.1) is 11.3 Å². The van der Waals surface area contributed by atoms with Gasteiger partial charge in [-0.05, 0) is 47.5 Å². The topological polar surface area (TPSA) is 87.0 Å². The van der Waals surface area contributed by atoms with Crippen LogP contribution in [0.25, 0.3) is 0 Å². The number of benzene rings is 2. The van der Waals surface area contributed by atoms with Gasteiger partial charge in [0.15, 0.2) is 0 Å². The number of rotatable bonds is 5. The third-order valence-electron chi connectivity index (χ3n) is 7.11. The average molecular weight is 505 g/mol. The standard InChI is InChI=1S/C27H28N4O4S/c1-19-5-2-3-8-22(19)26-23-10-16-36-24(23)9-11-30(26)18-25(32)28-12-14-29(15-13-28)27(33)20-6-4-7-21(17-20)31(34)35/h2-8,10,16-17,26H,9,11-15,18H2,1H3. The van der Waals surface area contributed by atoms with Gasteiger partial charge in [0.1, 0.15) is 0 Å². The highest BCUT2D eigenvalue weighted by Crippen LogP contribution is 2.38. The summed E-state index contributed by atoms with van der Waals surface area (Å²) < 4.78 is 0. The Bertz CT molecular complexity index is 1300. The van der Waals surface area contributed by atoms with Gasteiger partial charge in [-0.25, -0.2) is 0 Å². The van der Waals surface area contributed by atoms with E-state index < -0.39 is 4.92 Å². The molecule has 9 heteroatoms. The lowest BCUT2D eigenvalue weighted by Crippen LogP contribution is -2.53. The number of non-ortho nitro benzene ring substituents is 1. The van der Waals surface area contributed by atoms with E-state index in [9.17, 15) is 19.7 Å². The molecule has 0 spiro atoms. The molecule has 0 saturated carbocycles. The van der Waals surface area contributed by atoms with Crippen LogP contribution in [0.3, 0.4) is 0 Å². The Hall–Kier alpha value is -3.56. The summed E-state index contributed by atoms with van der Waals surface area (Å²) in [6.07, 6.45) is 0.939. The summed E-state index contributed by atoms with van der Waals surface area (Å²) in [4.78, 5) is 43.9. The van der Waals surface area contributed by atoms with Crippen LogP contribution in [0, 0.1) is 17.0 Å². The molecule has 3 aromatic rings. The number of thiophene rings is 1. The van der Waals surface area contributed by atoms with Gasteiger partial charge >= 0.3 is 0 Å². The molecule has 1 fully saturated rings. The van der Waals surface area contributed by atoms with Crippen molar-refractivity contribution in [1.82, 2.24) is 14.7 Å². The number of hydrogen-bond donors (Lipinski definition) is 0. The van der Waals surface area contributed by atoms with Crippen LogP contribution in [0.2, 0.25) is 0 Å². The Labute approximate surface area is 213 Å². The molecule has 0 bridgehead atoms. The number of nitrogens with zero attached hydrogens (tertiary/aromatic N) is 4. The Kier molecular flexibility index (Phi) is 6.84. The fourth-order valence-corrected chi connectivity index (χ4v) is 6.07. The third kappa shape index (κ3) is 4.76. The van der Waals surface area contributed by atoms with E-state index in [0.717, 1.165) is 13.0 Å². The van der Waals surface area contributed by atoms with Crippen molar-refractivity contribution in [3.63, 3.8) is 0 Å². The molecule has 2 aliphatic heterocycles. The highest BCUT2D eigenvalue weighted by atomic mass is 32.1. The largest absolute Gasteiger partial charge is 0.338 e. The summed E-state index contributed by atoms with van der Waals surface area (Å²) >= 11 is 1.79. The summed E-state index contributed by atoms with van der Waals surface area (Å²) in [5, 5.41) is 13.2. The Morgan fingerprint density at radius 1 is 0.972 bits per heavy atom. The molecule has 8 nitrogen and oxygen atoms in total. The molecule has 0 radical (unpaired) electrons. The van der Waals surface area contributed by atoms with Gasteiger partial charge in [0, 0.05) is 55.3 Å². The highest BCUT2D eigenvalue weighted by molar-refractivity contribution is 7.10. The minimum atomic E-state index is -0.503. The number of amides is 2. The van der Waals surface area contributed by atoms with E-state index in [1.807, 2.05) is 11.0 Å². The first-order valence-corrected chi connectivity index (χ1v) is 13.0. The van der Waals surface area contributed by atoms with Crippen LogP contribution in [0.5, 0.6) is 0 Å². The summed E-state index contributed by atoms with van der Waals surface area (Å²) in [6.45, 7) is 4.98. The van der Waals surface area contributed by atoms with E-state index in [1.165, 1.54) is 39.8 Å².